The Morgan fingerprint density at radius 1 is 1.05 bits per heavy atom. The number of methoxy groups -OCH3 is 2. The predicted octanol–water partition coefficient (Wildman–Crippen LogP) is -0.207. The van der Waals surface area contributed by atoms with Crippen LogP contribution in [0.2, 0.25) is 0 Å². The summed E-state index contributed by atoms with van der Waals surface area (Å²) in [6.45, 7) is 3.02. The molecular weight excluding hydrogens is 240 g/mol. The normalized spacial score (nSPS) is 15.5. The summed E-state index contributed by atoms with van der Waals surface area (Å²) in [6, 6.07) is 8.38. The van der Waals surface area contributed by atoms with E-state index < -0.39 is 0 Å². The zero-order chi connectivity index (χ0) is 13.5. The van der Waals surface area contributed by atoms with Crippen LogP contribution in [0.4, 0.5) is 0 Å². The van der Waals surface area contributed by atoms with E-state index in [1.807, 2.05) is 0 Å². The SMILES string of the molecule is COCCNC1=CC(=[NH+]CCOC)c2ccccc21. The van der Waals surface area contributed by atoms with Crippen molar-refractivity contribution >= 4 is 11.4 Å². The minimum absolute atomic E-state index is 0.700. The standard InChI is InChI=1S/C15H20N2O2/c1-18-9-7-16-14-11-15(17-8-10-19-2)13-6-4-3-5-12(13)14/h3-6,11,16H,7-10H2,1-2H3/p+1. The maximum atomic E-state index is 5.07. The van der Waals surface area contributed by atoms with Crippen molar-refractivity contribution in [3.63, 3.8) is 0 Å². The van der Waals surface area contributed by atoms with Crippen LogP contribution < -0.4 is 10.3 Å². The molecule has 2 N–H and O–H groups in total. The number of benzene rings is 1. The maximum Gasteiger partial charge on any atom is 0.208 e. The lowest BCUT2D eigenvalue weighted by Gasteiger charge is -2.07. The van der Waals surface area contributed by atoms with Crippen molar-refractivity contribution in [2.45, 2.75) is 0 Å². The minimum Gasteiger partial charge on any atom is -0.383 e. The molecule has 0 unspecified atom stereocenters. The molecule has 0 bridgehead atoms. The second-order valence-electron chi connectivity index (χ2n) is 4.36. The van der Waals surface area contributed by atoms with Gasteiger partial charge < -0.3 is 14.8 Å². The monoisotopic (exact) mass is 261 g/mol. The average molecular weight is 261 g/mol. The third-order valence-corrected chi connectivity index (χ3v) is 3.04. The average Bonchev–Trinajstić information content (AvgIpc) is 2.79. The van der Waals surface area contributed by atoms with E-state index >= 15 is 0 Å². The van der Waals surface area contributed by atoms with Crippen LogP contribution in [-0.4, -0.2) is 46.2 Å². The highest BCUT2D eigenvalue weighted by Crippen LogP contribution is 2.23. The molecule has 0 spiro atoms. The Balaban J connectivity index is 2.14. The zero-order valence-electron chi connectivity index (χ0n) is 11.5. The van der Waals surface area contributed by atoms with Crippen LogP contribution in [0.3, 0.4) is 0 Å². The molecule has 4 nitrogen and oxygen atoms in total. The lowest BCUT2D eigenvalue weighted by Crippen LogP contribution is -2.73. The highest BCUT2D eigenvalue weighted by Gasteiger charge is 2.22. The number of hydrogen-bond donors (Lipinski definition) is 2. The smallest absolute Gasteiger partial charge is 0.208 e. The number of ether oxygens (including phenoxy) is 2. The van der Waals surface area contributed by atoms with E-state index in [0.29, 0.717) is 13.2 Å². The van der Waals surface area contributed by atoms with Crippen LogP contribution in [0.25, 0.3) is 5.70 Å². The predicted molar refractivity (Wildman–Crippen MR) is 76.1 cm³/mol. The molecular formula is C15H21N2O2+. The quantitative estimate of drug-likeness (QED) is 0.668. The summed E-state index contributed by atoms with van der Waals surface area (Å²) in [5, 5.41) is 3.40. The molecule has 0 heterocycles. The molecule has 1 aromatic rings. The Morgan fingerprint density at radius 2 is 1.79 bits per heavy atom. The van der Waals surface area contributed by atoms with Crippen molar-refractivity contribution in [1.29, 1.82) is 0 Å². The topological polar surface area (TPSA) is 44.5 Å². The van der Waals surface area contributed by atoms with Gasteiger partial charge in [-0.15, -0.1) is 0 Å². The van der Waals surface area contributed by atoms with Gasteiger partial charge in [-0.05, 0) is 6.07 Å². The molecule has 0 fully saturated rings. The number of rotatable bonds is 7. The van der Waals surface area contributed by atoms with Gasteiger partial charge in [-0.25, -0.2) is 4.99 Å². The molecule has 0 atom stereocenters. The minimum atomic E-state index is 0.700. The molecule has 1 aliphatic rings. The molecule has 4 heteroatoms. The summed E-state index contributed by atoms with van der Waals surface area (Å²) >= 11 is 0. The third kappa shape index (κ3) is 3.43. The van der Waals surface area contributed by atoms with E-state index in [1.165, 1.54) is 11.1 Å². The van der Waals surface area contributed by atoms with Gasteiger partial charge in [-0.1, -0.05) is 18.2 Å². The van der Waals surface area contributed by atoms with Gasteiger partial charge in [0.1, 0.15) is 6.61 Å². The fourth-order valence-corrected chi connectivity index (χ4v) is 2.12. The number of allylic oxidation sites excluding steroid dienone is 1. The van der Waals surface area contributed by atoms with Crippen molar-refractivity contribution in [2.24, 2.45) is 0 Å². The van der Waals surface area contributed by atoms with E-state index in [4.69, 9.17) is 9.47 Å². The summed E-state index contributed by atoms with van der Waals surface area (Å²) in [5.41, 5.74) is 4.76. The lowest BCUT2D eigenvalue weighted by molar-refractivity contribution is -0.459. The van der Waals surface area contributed by atoms with Gasteiger partial charge in [0.25, 0.3) is 0 Å². The summed E-state index contributed by atoms with van der Waals surface area (Å²) in [6.07, 6.45) is 2.15. The summed E-state index contributed by atoms with van der Waals surface area (Å²) < 4.78 is 10.1. The van der Waals surface area contributed by atoms with Crippen LogP contribution in [0.5, 0.6) is 0 Å². The summed E-state index contributed by atoms with van der Waals surface area (Å²) in [5.74, 6) is 0. The lowest BCUT2D eigenvalue weighted by atomic mass is 10.1. The first-order valence-electron chi connectivity index (χ1n) is 6.51. The molecule has 0 saturated heterocycles. The van der Waals surface area contributed by atoms with Crippen molar-refractivity contribution in [1.82, 2.24) is 5.32 Å². The van der Waals surface area contributed by atoms with Crippen LogP contribution in [-0.2, 0) is 9.47 Å². The van der Waals surface area contributed by atoms with E-state index in [9.17, 15) is 0 Å². The Morgan fingerprint density at radius 3 is 2.53 bits per heavy atom. The van der Waals surface area contributed by atoms with Crippen LogP contribution >= 0.6 is 0 Å². The first-order valence-corrected chi connectivity index (χ1v) is 6.51. The van der Waals surface area contributed by atoms with Crippen molar-refractivity contribution in [3.8, 4) is 0 Å². The van der Waals surface area contributed by atoms with Gasteiger partial charge in [-0.2, -0.15) is 0 Å². The molecule has 19 heavy (non-hydrogen) atoms. The zero-order valence-corrected chi connectivity index (χ0v) is 11.5. The highest BCUT2D eigenvalue weighted by atomic mass is 16.5. The molecule has 0 aromatic heterocycles. The number of nitrogens with one attached hydrogen (secondary N) is 2. The van der Waals surface area contributed by atoms with Gasteiger partial charge in [0.15, 0.2) is 6.54 Å². The van der Waals surface area contributed by atoms with Gasteiger partial charge in [0.05, 0.1) is 12.2 Å². The molecule has 1 aliphatic carbocycles. The largest absolute Gasteiger partial charge is 0.383 e. The molecule has 102 valence electrons. The van der Waals surface area contributed by atoms with E-state index in [0.717, 1.165) is 24.5 Å². The van der Waals surface area contributed by atoms with Crippen molar-refractivity contribution < 1.29 is 14.5 Å². The van der Waals surface area contributed by atoms with E-state index in [-0.39, 0.29) is 0 Å². The molecule has 0 aliphatic heterocycles. The third-order valence-electron chi connectivity index (χ3n) is 3.04. The van der Waals surface area contributed by atoms with Gasteiger partial charge in [0, 0.05) is 38.1 Å². The summed E-state index contributed by atoms with van der Waals surface area (Å²) in [4.78, 5) is 3.40. The summed E-state index contributed by atoms with van der Waals surface area (Å²) in [7, 11) is 3.42. The number of hydrogen-bond acceptors (Lipinski definition) is 3. The number of fused-ring (bicyclic) bond motifs is 1. The second kappa shape index (κ2) is 7.07. The van der Waals surface area contributed by atoms with Gasteiger partial charge in [-0.3, -0.25) is 0 Å². The Labute approximate surface area is 114 Å². The fourth-order valence-electron chi connectivity index (χ4n) is 2.12. The van der Waals surface area contributed by atoms with Crippen LogP contribution in [0.15, 0.2) is 30.3 Å². The van der Waals surface area contributed by atoms with Crippen molar-refractivity contribution in [2.75, 3.05) is 40.5 Å². The Kier molecular flexibility index (Phi) is 5.12. The Bertz CT molecular complexity index is 481. The fraction of sp³-hybridized carbons (Fsp3) is 0.400. The first-order chi connectivity index (χ1) is 9.36. The Hall–Kier alpha value is -1.65. The molecule has 0 amide bonds. The molecule has 2 rings (SSSR count). The van der Waals surface area contributed by atoms with E-state index in [2.05, 4.69) is 40.7 Å². The molecule has 0 saturated carbocycles. The highest BCUT2D eigenvalue weighted by molar-refractivity contribution is 6.16. The van der Waals surface area contributed by atoms with Gasteiger partial charge >= 0.3 is 0 Å². The maximum absolute atomic E-state index is 5.07. The van der Waals surface area contributed by atoms with Gasteiger partial charge in [0.2, 0.25) is 5.71 Å². The molecule has 1 aromatic carbocycles. The van der Waals surface area contributed by atoms with Crippen molar-refractivity contribution in [3.05, 3.63) is 41.5 Å². The van der Waals surface area contributed by atoms with E-state index in [1.54, 1.807) is 14.2 Å². The second-order valence-corrected chi connectivity index (χ2v) is 4.36. The molecule has 0 radical (unpaired) electrons. The first kappa shape index (κ1) is 13.8. The van der Waals surface area contributed by atoms with Crippen LogP contribution in [0, 0.1) is 0 Å². The van der Waals surface area contributed by atoms with Crippen LogP contribution in [0.1, 0.15) is 11.1 Å².